The minimum Gasteiger partial charge on any atom is -0.491 e. The highest BCUT2D eigenvalue weighted by Gasteiger charge is 2.17. The van der Waals surface area contributed by atoms with Crippen LogP contribution in [0.3, 0.4) is 0 Å². The number of rotatable bonds is 6. The molecule has 3 heterocycles. The van der Waals surface area contributed by atoms with Crippen LogP contribution < -0.4 is 4.74 Å². The molecule has 6 heteroatoms. The first kappa shape index (κ1) is 16.6. The van der Waals surface area contributed by atoms with Crippen molar-refractivity contribution in [3.05, 3.63) is 42.2 Å². The number of pyridine rings is 1. The van der Waals surface area contributed by atoms with Crippen molar-refractivity contribution in [3.8, 4) is 17.0 Å². The molecule has 0 saturated heterocycles. The van der Waals surface area contributed by atoms with Gasteiger partial charge in [-0.25, -0.2) is 4.98 Å². The molecule has 0 aliphatic rings. The van der Waals surface area contributed by atoms with E-state index in [1.165, 1.54) is 5.56 Å². The van der Waals surface area contributed by atoms with Crippen molar-refractivity contribution in [2.45, 2.75) is 13.3 Å². The highest BCUT2D eigenvalue weighted by molar-refractivity contribution is 6.06. The molecule has 3 aromatic heterocycles. The third-order valence-corrected chi connectivity index (χ3v) is 4.67. The quantitative estimate of drug-likeness (QED) is 0.539. The Balaban J connectivity index is 1.79. The molecule has 6 nitrogen and oxygen atoms in total. The van der Waals surface area contributed by atoms with E-state index in [9.17, 15) is 0 Å². The van der Waals surface area contributed by atoms with Gasteiger partial charge in [-0.2, -0.15) is 5.10 Å². The summed E-state index contributed by atoms with van der Waals surface area (Å²) in [5.74, 6) is 0.840. The van der Waals surface area contributed by atoms with Crippen molar-refractivity contribution < 1.29 is 9.47 Å². The first-order valence-electron chi connectivity index (χ1n) is 8.76. The maximum absolute atomic E-state index is 5.66. The van der Waals surface area contributed by atoms with Crippen LogP contribution in [0, 0.1) is 0 Å². The standard InChI is InChI=1S/C20H22N4O2/c1-4-16-17-19-14(12-22-24(19)2)11-21-20(17)23-18(16)13-5-7-15(8-6-13)26-10-9-25-3/h5-8,11-12H,4,9-10H2,1-3H3,(H,21,23). The zero-order chi connectivity index (χ0) is 18.1. The van der Waals surface area contributed by atoms with Crippen LogP contribution in [0.15, 0.2) is 36.7 Å². The van der Waals surface area contributed by atoms with Gasteiger partial charge >= 0.3 is 0 Å². The lowest BCUT2D eigenvalue weighted by atomic mass is 10.0. The van der Waals surface area contributed by atoms with E-state index in [4.69, 9.17) is 9.47 Å². The van der Waals surface area contributed by atoms with Crippen LogP contribution in [0.1, 0.15) is 12.5 Å². The van der Waals surface area contributed by atoms with Gasteiger partial charge in [0.1, 0.15) is 18.0 Å². The zero-order valence-electron chi connectivity index (χ0n) is 15.2. The number of aromatic nitrogens is 4. The molecule has 1 N–H and O–H groups in total. The van der Waals surface area contributed by atoms with Crippen LogP contribution in [0.25, 0.3) is 33.2 Å². The minimum absolute atomic E-state index is 0.546. The number of aryl methyl sites for hydroxylation is 2. The fourth-order valence-electron chi connectivity index (χ4n) is 3.43. The summed E-state index contributed by atoms with van der Waals surface area (Å²) in [7, 11) is 3.64. The second-order valence-corrected chi connectivity index (χ2v) is 6.25. The Morgan fingerprint density at radius 2 is 1.92 bits per heavy atom. The van der Waals surface area contributed by atoms with Gasteiger partial charge in [0.25, 0.3) is 0 Å². The molecule has 0 aliphatic carbocycles. The van der Waals surface area contributed by atoms with Gasteiger partial charge in [-0.05, 0) is 41.8 Å². The van der Waals surface area contributed by atoms with Gasteiger partial charge in [-0.1, -0.05) is 6.92 Å². The molecule has 0 unspecified atom stereocenters. The van der Waals surface area contributed by atoms with Gasteiger partial charge < -0.3 is 14.5 Å². The third-order valence-electron chi connectivity index (χ3n) is 4.67. The molecular weight excluding hydrogens is 328 g/mol. The lowest BCUT2D eigenvalue weighted by Gasteiger charge is -2.07. The predicted octanol–water partition coefficient (Wildman–Crippen LogP) is 3.70. The van der Waals surface area contributed by atoms with Crippen molar-refractivity contribution in [1.82, 2.24) is 19.7 Å². The monoisotopic (exact) mass is 350 g/mol. The van der Waals surface area contributed by atoms with Crippen molar-refractivity contribution in [2.75, 3.05) is 20.3 Å². The lowest BCUT2D eigenvalue weighted by Crippen LogP contribution is -2.03. The van der Waals surface area contributed by atoms with Crippen molar-refractivity contribution in [1.29, 1.82) is 0 Å². The molecule has 4 aromatic rings. The number of nitrogens with one attached hydrogen (secondary N) is 1. The molecule has 26 heavy (non-hydrogen) atoms. The van der Waals surface area contributed by atoms with Gasteiger partial charge in [0.2, 0.25) is 0 Å². The van der Waals surface area contributed by atoms with Crippen LogP contribution in [-0.2, 0) is 18.2 Å². The number of hydrogen-bond acceptors (Lipinski definition) is 4. The van der Waals surface area contributed by atoms with Crippen LogP contribution >= 0.6 is 0 Å². The molecule has 0 spiro atoms. The molecule has 0 saturated carbocycles. The van der Waals surface area contributed by atoms with Gasteiger partial charge in [-0.15, -0.1) is 0 Å². The number of ether oxygens (including phenoxy) is 2. The highest BCUT2D eigenvalue weighted by atomic mass is 16.5. The van der Waals surface area contributed by atoms with Gasteiger partial charge in [0, 0.05) is 31.1 Å². The van der Waals surface area contributed by atoms with Crippen molar-refractivity contribution >= 4 is 21.9 Å². The van der Waals surface area contributed by atoms with Gasteiger partial charge in [0.05, 0.1) is 24.0 Å². The number of benzene rings is 1. The molecule has 0 atom stereocenters. The van der Waals surface area contributed by atoms with Crippen LogP contribution in [0.2, 0.25) is 0 Å². The summed E-state index contributed by atoms with van der Waals surface area (Å²) in [5, 5.41) is 6.60. The normalized spacial score (nSPS) is 11.5. The highest BCUT2D eigenvalue weighted by Crippen LogP contribution is 2.34. The topological polar surface area (TPSA) is 65.0 Å². The number of fused-ring (bicyclic) bond motifs is 3. The summed E-state index contributed by atoms with van der Waals surface area (Å²) in [6.45, 7) is 3.30. The summed E-state index contributed by atoms with van der Waals surface area (Å²) in [5.41, 5.74) is 5.50. The van der Waals surface area contributed by atoms with E-state index >= 15 is 0 Å². The Labute approximate surface area is 151 Å². The molecule has 134 valence electrons. The number of aromatic amines is 1. The Morgan fingerprint density at radius 3 is 2.65 bits per heavy atom. The Morgan fingerprint density at radius 1 is 1.12 bits per heavy atom. The maximum atomic E-state index is 5.66. The van der Waals surface area contributed by atoms with Gasteiger partial charge in [-0.3, -0.25) is 4.68 Å². The van der Waals surface area contributed by atoms with E-state index in [-0.39, 0.29) is 0 Å². The van der Waals surface area contributed by atoms with Gasteiger partial charge in [0.15, 0.2) is 0 Å². The Bertz CT molecular complexity index is 1050. The maximum Gasteiger partial charge on any atom is 0.140 e. The molecule has 0 fully saturated rings. The average molecular weight is 350 g/mol. The Kier molecular flexibility index (Phi) is 4.34. The van der Waals surface area contributed by atoms with Crippen LogP contribution in [0.5, 0.6) is 5.75 Å². The van der Waals surface area contributed by atoms with E-state index in [1.807, 2.05) is 36.3 Å². The summed E-state index contributed by atoms with van der Waals surface area (Å²) in [4.78, 5) is 8.10. The number of H-pyrrole nitrogens is 1. The van der Waals surface area contributed by atoms with Crippen LogP contribution in [0.4, 0.5) is 0 Å². The van der Waals surface area contributed by atoms with E-state index < -0.39 is 0 Å². The van der Waals surface area contributed by atoms with E-state index in [2.05, 4.69) is 34.1 Å². The molecule has 1 aromatic carbocycles. The van der Waals surface area contributed by atoms with Crippen molar-refractivity contribution in [3.63, 3.8) is 0 Å². The molecule has 0 amide bonds. The predicted molar refractivity (Wildman–Crippen MR) is 103 cm³/mol. The largest absolute Gasteiger partial charge is 0.491 e. The third kappa shape index (κ3) is 2.72. The zero-order valence-corrected chi connectivity index (χ0v) is 15.2. The average Bonchev–Trinajstić information content (AvgIpc) is 3.22. The summed E-state index contributed by atoms with van der Waals surface area (Å²) in [6.07, 6.45) is 4.64. The van der Waals surface area contributed by atoms with E-state index in [0.717, 1.165) is 45.4 Å². The molecular formula is C20H22N4O2. The lowest BCUT2D eigenvalue weighted by molar-refractivity contribution is 0.146. The summed E-state index contributed by atoms with van der Waals surface area (Å²) < 4.78 is 12.6. The fraction of sp³-hybridized carbons (Fsp3) is 0.300. The summed E-state index contributed by atoms with van der Waals surface area (Å²) in [6, 6.07) is 8.13. The second kappa shape index (κ2) is 6.80. The number of hydrogen-bond donors (Lipinski definition) is 1. The Hall–Kier alpha value is -2.86. The summed E-state index contributed by atoms with van der Waals surface area (Å²) >= 11 is 0. The van der Waals surface area contributed by atoms with Crippen molar-refractivity contribution in [2.24, 2.45) is 7.05 Å². The fourth-order valence-corrected chi connectivity index (χ4v) is 3.43. The first-order chi connectivity index (χ1) is 12.7. The smallest absolute Gasteiger partial charge is 0.140 e. The van der Waals surface area contributed by atoms with E-state index in [1.54, 1.807) is 7.11 Å². The first-order valence-corrected chi connectivity index (χ1v) is 8.76. The number of methoxy groups -OCH3 is 1. The number of nitrogens with zero attached hydrogens (tertiary/aromatic N) is 3. The minimum atomic E-state index is 0.546. The molecule has 0 radical (unpaired) electrons. The van der Waals surface area contributed by atoms with Crippen LogP contribution in [-0.4, -0.2) is 40.1 Å². The molecule has 0 bridgehead atoms. The molecule has 4 rings (SSSR count). The van der Waals surface area contributed by atoms with E-state index in [0.29, 0.717) is 13.2 Å². The second-order valence-electron chi connectivity index (χ2n) is 6.25. The molecule has 0 aliphatic heterocycles. The SMILES string of the molecule is CCc1c(-c2ccc(OCCOC)cc2)[nH]c2ncc3cnn(C)c3c12.